The van der Waals surface area contributed by atoms with Gasteiger partial charge in [-0.05, 0) is 81.8 Å². The molecular weight excluding hydrogens is 551 g/mol. The molecule has 0 atom stereocenters. The van der Waals surface area contributed by atoms with E-state index >= 15 is 0 Å². The van der Waals surface area contributed by atoms with Crippen LogP contribution in [0.25, 0.3) is 43.3 Å². The first-order chi connectivity index (χ1) is 20.0. The summed E-state index contributed by atoms with van der Waals surface area (Å²) in [6.07, 6.45) is -5.53. The van der Waals surface area contributed by atoms with Gasteiger partial charge in [-0.1, -0.05) is 24.3 Å². The molecule has 0 bridgehead atoms. The minimum absolute atomic E-state index is 0.0167. The zero-order valence-corrected chi connectivity index (χ0v) is 21.6. The fourth-order valence-corrected chi connectivity index (χ4v) is 5.61. The maximum Gasteiger partial charge on any atom is 0.573 e. The van der Waals surface area contributed by atoms with Gasteiger partial charge >= 0.3 is 12.2 Å². The molecular formula is C32H15F5N4O. The summed E-state index contributed by atoms with van der Waals surface area (Å²) in [5, 5.41) is 19.7. The van der Waals surface area contributed by atoms with Crippen LogP contribution in [0.15, 0.2) is 71.1 Å². The molecule has 0 aliphatic heterocycles. The Hall–Kier alpha value is -5.71. The van der Waals surface area contributed by atoms with Gasteiger partial charge in [0.15, 0.2) is 0 Å². The minimum atomic E-state index is -5.21. The summed E-state index contributed by atoms with van der Waals surface area (Å²) in [4.78, 5) is 6.69. The Morgan fingerprint density at radius 2 is 1.24 bits per heavy atom. The average molecular weight is 566 g/mol. The normalized spacial score (nSPS) is 13.5. The molecule has 0 saturated heterocycles. The molecule has 2 aliphatic carbocycles. The summed E-state index contributed by atoms with van der Waals surface area (Å²) in [5.74, 6) is -2.10. The molecule has 3 aromatic rings. The van der Waals surface area contributed by atoms with Crippen LogP contribution >= 0.6 is 0 Å². The standard InChI is InChI=1S/C32H15F5N4O/c1-16-22(31(40-2)41-3)12-24-26(16)27(17-4-8-20(33)9-5-17)25-13-23(19(14-38)15-39)30(42-32(35,36)37)29(25)28(24)18-6-10-21(34)11-7-18/h4-11H,12-13H2,1H3. The van der Waals surface area contributed by atoms with E-state index in [-0.39, 0.29) is 40.6 Å². The Labute approximate surface area is 236 Å². The molecule has 0 radical (unpaired) electrons. The highest BCUT2D eigenvalue weighted by atomic mass is 19.4. The third kappa shape index (κ3) is 4.56. The van der Waals surface area contributed by atoms with E-state index in [1.807, 2.05) is 0 Å². The largest absolute Gasteiger partial charge is 0.573 e. The highest BCUT2D eigenvalue weighted by Gasteiger charge is 2.40. The second-order valence-electron chi connectivity index (χ2n) is 9.43. The van der Waals surface area contributed by atoms with Gasteiger partial charge in [-0.15, -0.1) is 13.2 Å². The van der Waals surface area contributed by atoms with Crippen LogP contribution < -0.4 is 10.4 Å². The molecule has 0 heterocycles. The fourth-order valence-electron chi connectivity index (χ4n) is 5.61. The van der Waals surface area contributed by atoms with Crippen LogP contribution in [0, 0.1) is 47.4 Å². The summed E-state index contributed by atoms with van der Waals surface area (Å²) < 4.78 is 74.2. The van der Waals surface area contributed by atoms with Crippen molar-refractivity contribution in [3.05, 3.63) is 127 Å². The van der Waals surface area contributed by atoms with Crippen molar-refractivity contribution >= 4 is 11.3 Å². The Morgan fingerprint density at radius 1 is 0.786 bits per heavy atom. The number of alkyl halides is 3. The van der Waals surface area contributed by atoms with Crippen LogP contribution in [-0.4, -0.2) is 6.36 Å². The number of halogens is 5. The van der Waals surface area contributed by atoms with Crippen molar-refractivity contribution in [1.29, 1.82) is 10.5 Å². The molecule has 0 aromatic heterocycles. The Bertz CT molecular complexity index is 2010. The maximum atomic E-state index is 14.0. The van der Waals surface area contributed by atoms with E-state index in [1.54, 1.807) is 19.1 Å². The number of nitrogens with zero attached hydrogens (tertiary/aromatic N) is 4. The monoisotopic (exact) mass is 566 g/mol. The van der Waals surface area contributed by atoms with Crippen LogP contribution in [0.5, 0.6) is 0 Å². The summed E-state index contributed by atoms with van der Waals surface area (Å²) in [5.41, 5.74) is 2.09. The van der Waals surface area contributed by atoms with Gasteiger partial charge in [0, 0.05) is 17.2 Å². The van der Waals surface area contributed by atoms with E-state index in [4.69, 9.17) is 13.1 Å². The molecule has 0 spiro atoms. The molecule has 0 amide bonds. The van der Waals surface area contributed by atoms with Crippen LogP contribution in [0.2, 0.25) is 0 Å². The smallest absolute Gasteiger partial charge is 0.405 e. The summed E-state index contributed by atoms with van der Waals surface area (Å²) >= 11 is 0. The van der Waals surface area contributed by atoms with Gasteiger partial charge in [0.1, 0.15) is 48.2 Å². The highest BCUT2D eigenvalue weighted by Crippen LogP contribution is 2.41. The van der Waals surface area contributed by atoms with Crippen LogP contribution in [0.1, 0.15) is 18.1 Å². The van der Waals surface area contributed by atoms with Gasteiger partial charge in [0.25, 0.3) is 0 Å². The van der Waals surface area contributed by atoms with E-state index in [2.05, 4.69) is 14.4 Å². The van der Waals surface area contributed by atoms with E-state index in [0.29, 0.717) is 38.6 Å². The number of nitriles is 2. The Kier molecular flexibility index (Phi) is 6.87. The van der Waals surface area contributed by atoms with Gasteiger partial charge < -0.3 is 4.74 Å². The lowest BCUT2D eigenvalue weighted by molar-refractivity contribution is -0.290. The lowest BCUT2D eigenvalue weighted by atomic mass is 9.87. The first-order valence-corrected chi connectivity index (χ1v) is 12.3. The predicted octanol–water partition coefficient (Wildman–Crippen LogP) is 6.62. The van der Waals surface area contributed by atoms with Gasteiger partial charge in [-0.2, -0.15) is 20.2 Å². The topological polar surface area (TPSA) is 65.5 Å². The van der Waals surface area contributed by atoms with Crippen molar-refractivity contribution in [2.75, 3.05) is 0 Å². The number of hydrogen-bond donors (Lipinski definition) is 0. The second kappa shape index (κ2) is 10.4. The van der Waals surface area contributed by atoms with E-state index in [9.17, 15) is 32.5 Å². The third-order valence-electron chi connectivity index (χ3n) is 7.23. The van der Waals surface area contributed by atoms with E-state index in [0.717, 1.165) is 12.1 Å². The molecule has 42 heavy (non-hydrogen) atoms. The van der Waals surface area contributed by atoms with Crippen LogP contribution in [-0.2, 0) is 17.6 Å². The summed E-state index contributed by atoms with van der Waals surface area (Å²) in [7, 11) is 0. The molecule has 5 nitrogen and oxygen atoms in total. The summed E-state index contributed by atoms with van der Waals surface area (Å²) in [6.45, 7) is 16.7. The number of rotatable bonds is 3. The van der Waals surface area contributed by atoms with Crippen molar-refractivity contribution in [2.45, 2.75) is 26.1 Å². The third-order valence-corrected chi connectivity index (χ3v) is 7.23. The lowest BCUT2D eigenvalue weighted by Gasteiger charge is -2.17. The van der Waals surface area contributed by atoms with Crippen molar-refractivity contribution < 1.29 is 26.7 Å². The first-order valence-electron chi connectivity index (χ1n) is 12.3. The highest BCUT2D eigenvalue weighted by molar-refractivity contribution is 5.91. The van der Waals surface area contributed by atoms with Gasteiger partial charge in [-0.25, -0.2) is 8.78 Å². The van der Waals surface area contributed by atoms with Crippen molar-refractivity contribution in [3.8, 4) is 34.4 Å². The number of ether oxygens (including phenoxy) is 1. The van der Waals surface area contributed by atoms with E-state index < -0.39 is 29.3 Å². The Morgan fingerprint density at radius 3 is 1.69 bits per heavy atom. The maximum absolute atomic E-state index is 14.0. The molecule has 2 aliphatic rings. The minimum Gasteiger partial charge on any atom is -0.405 e. The molecule has 0 fully saturated rings. The average Bonchev–Trinajstić information content (AvgIpc) is 3.47. The zero-order valence-electron chi connectivity index (χ0n) is 21.6. The SMILES string of the molecule is [C-]#[N+]C([N+]#[C-])=C1Cc2c(-c3ccc(F)cc3)c3c(c(-c4ccc(F)cc4)c2=C1C)CC(=C(C#N)C#N)C=3OC(F)(F)F. The number of hydrogen-bond acceptors (Lipinski definition) is 3. The molecule has 10 heteroatoms. The zero-order chi connectivity index (χ0) is 30.3. The molecule has 3 aromatic carbocycles. The fraction of sp³-hybridized carbons (Fsp3) is 0.125. The molecule has 5 rings (SSSR count). The number of fused-ring (bicyclic) bond motifs is 2. The van der Waals surface area contributed by atoms with Crippen molar-refractivity contribution in [3.63, 3.8) is 0 Å². The van der Waals surface area contributed by atoms with Crippen molar-refractivity contribution in [1.82, 2.24) is 0 Å². The van der Waals surface area contributed by atoms with Gasteiger partial charge in [0.2, 0.25) is 0 Å². The predicted molar refractivity (Wildman–Crippen MR) is 142 cm³/mol. The second-order valence-corrected chi connectivity index (χ2v) is 9.43. The van der Waals surface area contributed by atoms with E-state index in [1.165, 1.54) is 36.4 Å². The lowest BCUT2D eigenvalue weighted by Crippen LogP contribution is -2.26. The number of benzene rings is 3. The molecule has 0 N–H and O–H groups in total. The molecule has 0 saturated carbocycles. The molecule has 0 unspecified atom stereocenters. The Balaban J connectivity index is 2.12. The quantitative estimate of drug-likeness (QED) is 0.203. The van der Waals surface area contributed by atoms with Crippen LogP contribution in [0.3, 0.4) is 0 Å². The van der Waals surface area contributed by atoms with Crippen LogP contribution in [0.4, 0.5) is 22.0 Å². The van der Waals surface area contributed by atoms with Gasteiger partial charge in [0.05, 0.1) is 5.57 Å². The number of allylic oxidation sites excluding steroid dienone is 2. The van der Waals surface area contributed by atoms with Gasteiger partial charge in [-0.3, -0.25) is 0 Å². The molecule has 204 valence electrons. The van der Waals surface area contributed by atoms with Crippen molar-refractivity contribution in [2.24, 2.45) is 0 Å². The first kappa shape index (κ1) is 27.8. The summed E-state index contributed by atoms with van der Waals surface area (Å²) in [6, 6.07) is 13.6.